The van der Waals surface area contributed by atoms with Crippen LogP contribution in [0.25, 0.3) is 0 Å². The molecule has 0 saturated heterocycles. The lowest BCUT2D eigenvalue weighted by Gasteiger charge is -2.12. The number of carbonyl (C=O) groups excluding carboxylic acids is 1. The van der Waals surface area contributed by atoms with Gasteiger partial charge in [0.25, 0.3) is 0 Å². The minimum absolute atomic E-state index is 0.0262. The minimum atomic E-state index is -4.55. The van der Waals surface area contributed by atoms with E-state index in [0.29, 0.717) is 11.3 Å². The zero-order valence-electron chi connectivity index (χ0n) is 15.9. The van der Waals surface area contributed by atoms with E-state index in [2.05, 4.69) is 20.5 Å². The number of hydrogen-bond acceptors (Lipinski definition) is 4. The van der Waals surface area contributed by atoms with Crippen LogP contribution in [0.1, 0.15) is 23.9 Å². The van der Waals surface area contributed by atoms with E-state index in [9.17, 15) is 22.4 Å². The van der Waals surface area contributed by atoms with Gasteiger partial charge in [-0.15, -0.1) is 5.10 Å². The van der Waals surface area contributed by atoms with Crippen LogP contribution in [0.5, 0.6) is 0 Å². The number of aryl methyl sites for hydroxylation is 1. The molecule has 1 amide bonds. The van der Waals surface area contributed by atoms with Gasteiger partial charge in [-0.25, -0.2) is 14.1 Å². The summed E-state index contributed by atoms with van der Waals surface area (Å²) in [6.07, 6.45) is -3.18. The average molecular weight is 445 g/mol. The molecule has 0 aliphatic carbocycles. The second-order valence-electron chi connectivity index (χ2n) is 6.74. The van der Waals surface area contributed by atoms with E-state index < -0.39 is 29.5 Å². The molecular weight excluding hydrogens is 428 g/mol. The van der Waals surface area contributed by atoms with Gasteiger partial charge in [0.1, 0.15) is 12.1 Å². The number of rotatable bonds is 6. The molecule has 3 aromatic rings. The van der Waals surface area contributed by atoms with Crippen LogP contribution in [-0.2, 0) is 24.1 Å². The quantitative estimate of drug-likeness (QED) is 0.585. The maximum absolute atomic E-state index is 13.1. The first-order chi connectivity index (χ1) is 14.0. The second kappa shape index (κ2) is 8.42. The third-order valence-electron chi connectivity index (χ3n) is 4.28. The van der Waals surface area contributed by atoms with Crippen molar-refractivity contribution in [3.05, 3.63) is 58.4 Å². The number of benzene rings is 1. The fraction of sp³-hybridized carbons (Fsp3) is 0.333. The van der Waals surface area contributed by atoms with E-state index in [4.69, 9.17) is 11.6 Å². The highest BCUT2D eigenvalue weighted by Gasteiger charge is 2.34. The number of amides is 1. The van der Waals surface area contributed by atoms with Crippen molar-refractivity contribution in [1.29, 1.82) is 0 Å². The summed E-state index contributed by atoms with van der Waals surface area (Å²) in [4.78, 5) is 16.3. The van der Waals surface area contributed by atoms with Crippen molar-refractivity contribution in [3.8, 4) is 0 Å². The molecule has 30 heavy (non-hydrogen) atoms. The lowest BCUT2D eigenvalue weighted by Crippen LogP contribution is -2.26. The highest BCUT2D eigenvalue weighted by Crippen LogP contribution is 2.28. The largest absolute Gasteiger partial charge is 0.435 e. The van der Waals surface area contributed by atoms with Crippen molar-refractivity contribution in [1.82, 2.24) is 24.5 Å². The summed E-state index contributed by atoms with van der Waals surface area (Å²) in [5.41, 5.74) is -0.100. The number of nitrogens with zero attached hydrogens (tertiary/aromatic N) is 5. The van der Waals surface area contributed by atoms with Crippen LogP contribution in [0, 0.1) is 18.7 Å². The summed E-state index contributed by atoms with van der Waals surface area (Å²) in [5, 5.41) is 10.4. The Morgan fingerprint density at radius 2 is 2.00 bits per heavy atom. The van der Waals surface area contributed by atoms with Crippen LogP contribution in [0.2, 0.25) is 5.02 Å². The maximum Gasteiger partial charge on any atom is 0.435 e. The fourth-order valence-corrected chi connectivity index (χ4v) is 2.89. The van der Waals surface area contributed by atoms with Crippen LogP contribution < -0.4 is 5.32 Å². The summed E-state index contributed by atoms with van der Waals surface area (Å²) < 4.78 is 54.0. The Bertz CT molecular complexity index is 1060. The molecule has 0 bridgehead atoms. The van der Waals surface area contributed by atoms with Crippen LogP contribution in [-0.4, -0.2) is 30.5 Å². The van der Waals surface area contributed by atoms with Crippen LogP contribution in [0.15, 0.2) is 30.6 Å². The van der Waals surface area contributed by atoms with Gasteiger partial charge in [0.2, 0.25) is 11.9 Å². The van der Waals surface area contributed by atoms with Crippen LogP contribution in [0.4, 0.5) is 23.5 Å². The molecule has 0 fully saturated rings. The Hall–Kier alpha value is -2.95. The van der Waals surface area contributed by atoms with Gasteiger partial charge in [-0.1, -0.05) is 24.6 Å². The van der Waals surface area contributed by atoms with Crippen LogP contribution in [0.3, 0.4) is 0 Å². The summed E-state index contributed by atoms with van der Waals surface area (Å²) in [5.74, 6) is -1.60. The molecule has 0 aliphatic rings. The highest BCUT2D eigenvalue weighted by atomic mass is 35.5. The molecule has 1 aromatic carbocycles. The number of anilines is 1. The maximum atomic E-state index is 13.1. The van der Waals surface area contributed by atoms with Crippen molar-refractivity contribution < 1.29 is 22.4 Å². The molecule has 1 atom stereocenters. The number of nitrogens with one attached hydrogen (secondary N) is 1. The van der Waals surface area contributed by atoms with Crippen molar-refractivity contribution in [3.63, 3.8) is 0 Å². The molecular formula is C18H17ClF4N6O. The number of carbonyl (C=O) groups is 1. The molecule has 160 valence electrons. The van der Waals surface area contributed by atoms with Gasteiger partial charge in [-0.2, -0.15) is 18.3 Å². The molecule has 7 nitrogen and oxygen atoms in total. The van der Waals surface area contributed by atoms with Crippen molar-refractivity contribution in [2.75, 3.05) is 5.32 Å². The molecule has 1 unspecified atom stereocenters. The number of halogens is 5. The lowest BCUT2D eigenvalue weighted by molar-refractivity contribution is -0.141. The van der Waals surface area contributed by atoms with E-state index in [1.165, 1.54) is 36.1 Å². The minimum Gasteiger partial charge on any atom is -0.293 e. The fourth-order valence-electron chi connectivity index (χ4n) is 2.66. The smallest absolute Gasteiger partial charge is 0.293 e. The van der Waals surface area contributed by atoms with E-state index in [0.717, 1.165) is 10.7 Å². The Morgan fingerprint density at radius 3 is 2.63 bits per heavy atom. The van der Waals surface area contributed by atoms with Crippen molar-refractivity contribution in [2.45, 2.75) is 33.1 Å². The second-order valence-corrected chi connectivity index (χ2v) is 7.15. The van der Waals surface area contributed by atoms with E-state index in [1.807, 2.05) is 0 Å². The van der Waals surface area contributed by atoms with Gasteiger partial charge in [-0.3, -0.25) is 14.8 Å². The Labute approximate surface area is 173 Å². The zero-order chi connectivity index (χ0) is 22.1. The molecule has 1 N–H and O–H groups in total. The van der Waals surface area contributed by atoms with E-state index in [1.54, 1.807) is 6.92 Å². The highest BCUT2D eigenvalue weighted by molar-refractivity contribution is 6.31. The van der Waals surface area contributed by atoms with E-state index >= 15 is 0 Å². The molecule has 2 heterocycles. The molecule has 0 radical (unpaired) electrons. The zero-order valence-corrected chi connectivity index (χ0v) is 16.7. The van der Waals surface area contributed by atoms with Crippen molar-refractivity contribution >= 4 is 23.5 Å². The topological polar surface area (TPSA) is 77.6 Å². The Kier molecular flexibility index (Phi) is 6.11. The number of aromatic nitrogens is 5. The van der Waals surface area contributed by atoms with Crippen molar-refractivity contribution in [2.24, 2.45) is 5.92 Å². The molecule has 3 rings (SSSR count). The summed E-state index contributed by atoms with van der Waals surface area (Å²) in [7, 11) is 0. The lowest BCUT2D eigenvalue weighted by atomic mass is 10.1. The molecule has 0 aliphatic heterocycles. The monoisotopic (exact) mass is 444 g/mol. The SMILES string of the molecule is Cc1cc(C(F)(F)F)nn1CC(C)C(=O)Nc1ncn(Cc2ccc(F)cc2Cl)n1. The van der Waals surface area contributed by atoms with Gasteiger partial charge in [0, 0.05) is 10.7 Å². The average Bonchev–Trinajstić information content (AvgIpc) is 3.24. The first-order valence-electron chi connectivity index (χ1n) is 8.79. The van der Waals surface area contributed by atoms with Crippen LogP contribution >= 0.6 is 11.6 Å². The van der Waals surface area contributed by atoms with E-state index in [-0.39, 0.29) is 24.1 Å². The third-order valence-corrected chi connectivity index (χ3v) is 4.64. The first kappa shape index (κ1) is 21.8. The molecule has 0 spiro atoms. The standard InChI is InChI=1S/C18H17ClF4N6O/c1-10(7-29-11(2)5-15(26-29)18(21,22)23)16(30)25-17-24-9-28(27-17)8-12-3-4-13(20)6-14(12)19/h3-6,9-10H,7-8H2,1-2H3,(H,25,27,30). The summed E-state index contributed by atoms with van der Waals surface area (Å²) in [6.45, 7) is 3.21. The molecule has 0 saturated carbocycles. The molecule has 2 aromatic heterocycles. The Balaban J connectivity index is 1.61. The van der Waals surface area contributed by atoms with Gasteiger partial charge < -0.3 is 0 Å². The number of alkyl halides is 3. The number of hydrogen-bond donors (Lipinski definition) is 1. The predicted molar refractivity (Wildman–Crippen MR) is 100 cm³/mol. The van der Waals surface area contributed by atoms with Gasteiger partial charge in [-0.05, 0) is 30.7 Å². The Morgan fingerprint density at radius 1 is 1.27 bits per heavy atom. The van der Waals surface area contributed by atoms with Gasteiger partial charge >= 0.3 is 6.18 Å². The van der Waals surface area contributed by atoms with Gasteiger partial charge in [0.05, 0.1) is 19.0 Å². The summed E-state index contributed by atoms with van der Waals surface area (Å²) >= 11 is 5.98. The van der Waals surface area contributed by atoms with Gasteiger partial charge in [0.15, 0.2) is 5.69 Å². The third kappa shape index (κ3) is 5.15. The summed E-state index contributed by atoms with van der Waals surface area (Å²) in [6, 6.07) is 4.89. The molecule has 12 heteroatoms. The predicted octanol–water partition coefficient (Wildman–Crippen LogP) is 3.92. The first-order valence-corrected chi connectivity index (χ1v) is 9.16. The normalized spacial score (nSPS) is 12.8.